The fraction of sp³-hybridized carbons (Fsp3) is 0.652. The highest BCUT2D eigenvalue weighted by Gasteiger charge is 2.30. The molecule has 2 amide bonds. The van der Waals surface area contributed by atoms with Gasteiger partial charge in [-0.2, -0.15) is 0 Å². The molecule has 6 nitrogen and oxygen atoms in total. The highest BCUT2D eigenvalue weighted by Crippen LogP contribution is 2.27. The molecule has 0 N–H and O–H groups in total. The minimum absolute atomic E-state index is 0.0931. The molecular weight excluding hydrogens is 368 g/mol. The van der Waals surface area contributed by atoms with Crippen LogP contribution in [0.15, 0.2) is 24.3 Å². The molecule has 6 heteroatoms. The van der Waals surface area contributed by atoms with Crippen LogP contribution in [0, 0.1) is 5.92 Å². The molecule has 160 valence electrons. The van der Waals surface area contributed by atoms with Gasteiger partial charge in [-0.05, 0) is 57.6 Å². The fourth-order valence-electron chi connectivity index (χ4n) is 4.16. The minimum Gasteiger partial charge on any atom is -0.490 e. The van der Waals surface area contributed by atoms with Gasteiger partial charge in [-0.15, -0.1) is 0 Å². The molecule has 2 fully saturated rings. The lowest BCUT2D eigenvalue weighted by Gasteiger charge is -2.35. The van der Waals surface area contributed by atoms with Gasteiger partial charge >= 0.3 is 0 Å². The fourth-order valence-corrected chi connectivity index (χ4v) is 4.16. The molecule has 0 atom stereocenters. The average Bonchev–Trinajstić information content (AvgIpc) is 2.78. The van der Waals surface area contributed by atoms with Crippen LogP contribution in [-0.4, -0.2) is 61.0 Å². The quantitative estimate of drug-likeness (QED) is 0.625. The second-order valence-electron chi connectivity index (χ2n) is 7.87. The first-order valence-corrected chi connectivity index (χ1v) is 11.1. The van der Waals surface area contributed by atoms with Gasteiger partial charge in [0, 0.05) is 38.5 Å². The standard InChI is InChI=1S/C23H34N2O4/c1-2-28-20-9-4-5-10-21(20)29-18-8-11-22(26)24-16-12-19(13-17-24)23(27)25-14-6-3-7-15-25/h4-5,9-10,19H,2-3,6-8,11-18H2,1H3. The molecule has 3 rings (SSSR count). The summed E-state index contributed by atoms with van der Waals surface area (Å²) in [5.41, 5.74) is 0. The Labute approximate surface area is 174 Å². The Morgan fingerprint density at radius 1 is 0.931 bits per heavy atom. The lowest BCUT2D eigenvalue weighted by Crippen LogP contribution is -2.45. The van der Waals surface area contributed by atoms with Gasteiger partial charge in [0.15, 0.2) is 11.5 Å². The summed E-state index contributed by atoms with van der Waals surface area (Å²) in [5, 5.41) is 0. The van der Waals surface area contributed by atoms with Gasteiger partial charge in [0.25, 0.3) is 0 Å². The van der Waals surface area contributed by atoms with Crippen molar-refractivity contribution in [3.05, 3.63) is 24.3 Å². The molecule has 29 heavy (non-hydrogen) atoms. The molecule has 0 aromatic heterocycles. The Kier molecular flexibility index (Phi) is 8.20. The Bertz CT molecular complexity index is 665. The van der Waals surface area contributed by atoms with Crippen molar-refractivity contribution >= 4 is 11.8 Å². The van der Waals surface area contributed by atoms with E-state index in [4.69, 9.17) is 9.47 Å². The zero-order chi connectivity index (χ0) is 20.5. The van der Waals surface area contributed by atoms with Gasteiger partial charge in [0.1, 0.15) is 0 Å². The van der Waals surface area contributed by atoms with Crippen molar-refractivity contribution in [1.29, 1.82) is 0 Å². The van der Waals surface area contributed by atoms with E-state index in [9.17, 15) is 9.59 Å². The lowest BCUT2D eigenvalue weighted by atomic mass is 9.94. The van der Waals surface area contributed by atoms with Crippen LogP contribution in [0.2, 0.25) is 0 Å². The number of nitrogens with zero attached hydrogens (tertiary/aromatic N) is 2. The van der Waals surface area contributed by atoms with Crippen LogP contribution in [0.5, 0.6) is 11.5 Å². The number of carbonyl (C=O) groups is 2. The molecule has 0 unspecified atom stereocenters. The van der Waals surface area contributed by atoms with E-state index in [-0.39, 0.29) is 11.8 Å². The summed E-state index contributed by atoms with van der Waals surface area (Å²) in [5.74, 6) is 2.02. The number of likely N-dealkylation sites (tertiary alicyclic amines) is 2. The first-order valence-electron chi connectivity index (χ1n) is 11.1. The van der Waals surface area contributed by atoms with Crippen molar-refractivity contribution in [2.45, 2.75) is 51.9 Å². The summed E-state index contributed by atoms with van der Waals surface area (Å²) < 4.78 is 11.3. The predicted octanol–water partition coefficient (Wildman–Crippen LogP) is 3.50. The van der Waals surface area contributed by atoms with Gasteiger partial charge in [-0.25, -0.2) is 0 Å². The van der Waals surface area contributed by atoms with E-state index in [1.165, 1.54) is 6.42 Å². The van der Waals surface area contributed by atoms with Crippen LogP contribution in [0.4, 0.5) is 0 Å². The van der Waals surface area contributed by atoms with Crippen LogP contribution in [0.25, 0.3) is 0 Å². The first kappa shape index (κ1) is 21.5. The third kappa shape index (κ3) is 6.12. The third-order valence-corrected chi connectivity index (χ3v) is 5.81. The Hall–Kier alpha value is -2.24. The maximum atomic E-state index is 12.6. The predicted molar refractivity (Wildman–Crippen MR) is 112 cm³/mol. The summed E-state index contributed by atoms with van der Waals surface area (Å²) in [7, 11) is 0. The van der Waals surface area contributed by atoms with E-state index in [2.05, 4.69) is 0 Å². The van der Waals surface area contributed by atoms with E-state index in [0.29, 0.717) is 45.1 Å². The molecule has 2 aliphatic rings. The number of para-hydroxylation sites is 2. The lowest BCUT2D eigenvalue weighted by molar-refractivity contribution is -0.141. The van der Waals surface area contributed by atoms with Crippen molar-refractivity contribution in [2.24, 2.45) is 5.92 Å². The van der Waals surface area contributed by atoms with Crippen molar-refractivity contribution in [1.82, 2.24) is 9.80 Å². The molecule has 2 saturated heterocycles. The molecule has 2 aliphatic heterocycles. The van der Waals surface area contributed by atoms with E-state index in [0.717, 1.165) is 50.3 Å². The zero-order valence-corrected chi connectivity index (χ0v) is 17.6. The zero-order valence-electron chi connectivity index (χ0n) is 17.6. The van der Waals surface area contributed by atoms with Crippen LogP contribution in [0.3, 0.4) is 0 Å². The van der Waals surface area contributed by atoms with Crippen molar-refractivity contribution in [2.75, 3.05) is 39.4 Å². The summed E-state index contributed by atoms with van der Waals surface area (Å²) in [6.45, 7) is 6.22. The van der Waals surface area contributed by atoms with E-state index in [1.807, 2.05) is 41.0 Å². The van der Waals surface area contributed by atoms with Crippen LogP contribution in [-0.2, 0) is 9.59 Å². The highest BCUT2D eigenvalue weighted by atomic mass is 16.5. The van der Waals surface area contributed by atoms with Crippen molar-refractivity contribution in [3.8, 4) is 11.5 Å². The average molecular weight is 403 g/mol. The van der Waals surface area contributed by atoms with E-state index >= 15 is 0 Å². The Morgan fingerprint density at radius 2 is 1.59 bits per heavy atom. The number of rotatable bonds is 8. The number of hydrogen-bond donors (Lipinski definition) is 0. The van der Waals surface area contributed by atoms with Gasteiger partial charge in [0.2, 0.25) is 11.8 Å². The topological polar surface area (TPSA) is 59.1 Å². The van der Waals surface area contributed by atoms with Crippen LogP contribution in [0.1, 0.15) is 51.9 Å². The molecule has 0 aliphatic carbocycles. The maximum absolute atomic E-state index is 12.6. The first-order chi connectivity index (χ1) is 14.2. The van der Waals surface area contributed by atoms with Crippen LogP contribution >= 0.6 is 0 Å². The van der Waals surface area contributed by atoms with Crippen molar-refractivity contribution in [3.63, 3.8) is 0 Å². The molecule has 2 heterocycles. The van der Waals surface area contributed by atoms with Gasteiger partial charge in [-0.1, -0.05) is 12.1 Å². The van der Waals surface area contributed by atoms with Gasteiger partial charge in [-0.3, -0.25) is 9.59 Å². The normalized spacial score (nSPS) is 17.8. The minimum atomic E-state index is 0.0931. The third-order valence-electron chi connectivity index (χ3n) is 5.81. The summed E-state index contributed by atoms with van der Waals surface area (Å²) in [4.78, 5) is 29.1. The van der Waals surface area contributed by atoms with E-state index < -0.39 is 0 Å². The molecule has 1 aromatic carbocycles. The molecular formula is C23H34N2O4. The molecule has 0 saturated carbocycles. The summed E-state index contributed by atoms with van der Waals surface area (Å²) in [6, 6.07) is 7.61. The molecule has 1 aromatic rings. The van der Waals surface area contributed by atoms with Crippen LogP contribution < -0.4 is 9.47 Å². The number of piperidine rings is 2. The Morgan fingerprint density at radius 3 is 2.24 bits per heavy atom. The monoisotopic (exact) mass is 402 g/mol. The number of carbonyl (C=O) groups excluding carboxylic acids is 2. The number of hydrogen-bond acceptors (Lipinski definition) is 4. The second kappa shape index (κ2) is 11.1. The summed E-state index contributed by atoms with van der Waals surface area (Å²) >= 11 is 0. The van der Waals surface area contributed by atoms with Crippen molar-refractivity contribution < 1.29 is 19.1 Å². The van der Waals surface area contributed by atoms with Gasteiger partial charge in [0.05, 0.1) is 13.2 Å². The number of amides is 2. The second-order valence-corrected chi connectivity index (χ2v) is 7.87. The molecule has 0 radical (unpaired) electrons. The Balaban J connectivity index is 1.35. The maximum Gasteiger partial charge on any atom is 0.225 e. The smallest absolute Gasteiger partial charge is 0.225 e. The SMILES string of the molecule is CCOc1ccccc1OCCCC(=O)N1CCC(C(=O)N2CCCCC2)CC1. The molecule has 0 bridgehead atoms. The summed E-state index contributed by atoms with van der Waals surface area (Å²) in [6.07, 6.45) is 6.21. The molecule has 0 spiro atoms. The number of ether oxygens (including phenoxy) is 2. The number of benzene rings is 1. The highest BCUT2D eigenvalue weighted by molar-refractivity contribution is 5.80. The largest absolute Gasteiger partial charge is 0.490 e. The van der Waals surface area contributed by atoms with Gasteiger partial charge < -0.3 is 19.3 Å². The van der Waals surface area contributed by atoms with E-state index in [1.54, 1.807) is 0 Å².